The number of aromatic amines is 1. The molecule has 0 saturated heterocycles. The van der Waals surface area contributed by atoms with Crippen molar-refractivity contribution < 1.29 is 18.0 Å². The van der Waals surface area contributed by atoms with Crippen LogP contribution < -0.4 is 5.32 Å². The standard InChI is InChI=1S/C17H13F3N2O/c18-17(19,20)15-9-13-8-11(6-7-14(13)22-15)10-21-16(23)12-4-2-1-3-5-12/h1-9,22H,10H2,(H,21,23). The van der Waals surface area contributed by atoms with E-state index < -0.39 is 11.9 Å². The van der Waals surface area contributed by atoms with E-state index in [4.69, 9.17) is 0 Å². The fraction of sp³-hybridized carbons (Fsp3) is 0.118. The number of benzene rings is 2. The Morgan fingerprint density at radius 3 is 2.48 bits per heavy atom. The van der Waals surface area contributed by atoms with Crippen LogP contribution in [0.4, 0.5) is 13.2 Å². The number of hydrogen-bond acceptors (Lipinski definition) is 1. The predicted molar refractivity (Wildman–Crippen MR) is 80.9 cm³/mol. The van der Waals surface area contributed by atoms with Crippen LogP contribution in [-0.4, -0.2) is 10.9 Å². The molecule has 0 unspecified atom stereocenters. The summed E-state index contributed by atoms with van der Waals surface area (Å²) in [4.78, 5) is 14.3. The quantitative estimate of drug-likeness (QED) is 0.750. The molecule has 0 atom stereocenters. The summed E-state index contributed by atoms with van der Waals surface area (Å²) < 4.78 is 38.0. The van der Waals surface area contributed by atoms with Crippen molar-refractivity contribution in [3.63, 3.8) is 0 Å². The second-order valence-electron chi connectivity index (χ2n) is 5.15. The summed E-state index contributed by atoms with van der Waals surface area (Å²) in [7, 11) is 0. The van der Waals surface area contributed by atoms with Gasteiger partial charge >= 0.3 is 6.18 Å². The van der Waals surface area contributed by atoms with Gasteiger partial charge in [-0.2, -0.15) is 13.2 Å². The molecule has 3 nitrogen and oxygen atoms in total. The van der Waals surface area contributed by atoms with E-state index in [0.29, 0.717) is 16.5 Å². The molecule has 1 heterocycles. The summed E-state index contributed by atoms with van der Waals surface area (Å²) in [5, 5.41) is 3.21. The maximum absolute atomic E-state index is 12.7. The SMILES string of the molecule is O=C(NCc1ccc2[nH]c(C(F)(F)F)cc2c1)c1ccccc1. The molecule has 0 spiro atoms. The number of hydrogen-bond donors (Lipinski definition) is 2. The first kappa shape index (κ1) is 15.1. The van der Waals surface area contributed by atoms with Gasteiger partial charge in [0.05, 0.1) is 0 Å². The fourth-order valence-corrected chi connectivity index (χ4v) is 2.32. The zero-order valence-corrected chi connectivity index (χ0v) is 11.9. The van der Waals surface area contributed by atoms with Crippen molar-refractivity contribution in [1.82, 2.24) is 10.3 Å². The minimum absolute atomic E-state index is 0.226. The number of fused-ring (bicyclic) bond motifs is 1. The summed E-state index contributed by atoms with van der Waals surface area (Å²) in [5.74, 6) is -0.226. The number of H-pyrrole nitrogens is 1. The van der Waals surface area contributed by atoms with Crippen LogP contribution in [0.1, 0.15) is 21.6 Å². The molecule has 0 fully saturated rings. The van der Waals surface area contributed by atoms with E-state index in [2.05, 4.69) is 10.3 Å². The number of amides is 1. The molecular weight excluding hydrogens is 305 g/mol. The zero-order chi connectivity index (χ0) is 16.4. The van der Waals surface area contributed by atoms with Gasteiger partial charge in [0, 0.05) is 23.0 Å². The van der Waals surface area contributed by atoms with Gasteiger partial charge in [-0.05, 0) is 35.9 Å². The first-order valence-corrected chi connectivity index (χ1v) is 6.95. The monoisotopic (exact) mass is 318 g/mol. The average Bonchev–Trinajstić information content (AvgIpc) is 2.97. The van der Waals surface area contributed by atoms with Crippen molar-refractivity contribution in [2.45, 2.75) is 12.7 Å². The summed E-state index contributed by atoms with van der Waals surface area (Å²) in [6.45, 7) is 0.246. The second kappa shape index (κ2) is 5.79. The third kappa shape index (κ3) is 3.36. The zero-order valence-electron chi connectivity index (χ0n) is 11.9. The summed E-state index contributed by atoms with van der Waals surface area (Å²) in [5.41, 5.74) is 0.900. The molecule has 0 aliphatic carbocycles. The Kier molecular flexibility index (Phi) is 3.82. The Morgan fingerprint density at radius 2 is 1.78 bits per heavy atom. The van der Waals surface area contributed by atoms with Gasteiger partial charge in [0.25, 0.3) is 5.91 Å². The first-order valence-electron chi connectivity index (χ1n) is 6.95. The van der Waals surface area contributed by atoms with Crippen LogP contribution in [0.15, 0.2) is 54.6 Å². The Bertz CT molecular complexity index is 838. The van der Waals surface area contributed by atoms with E-state index in [-0.39, 0.29) is 12.5 Å². The maximum atomic E-state index is 12.7. The van der Waals surface area contributed by atoms with E-state index in [1.165, 1.54) is 0 Å². The minimum Gasteiger partial charge on any atom is -0.351 e. The van der Waals surface area contributed by atoms with Crippen LogP contribution in [-0.2, 0) is 12.7 Å². The molecule has 6 heteroatoms. The molecule has 0 radical (unpaired) electrons. The molecule has 2 aromatic carbocycles. The summed E-state index contributed by atoms with van der Waals surface area (Å²) >= 11 is 0. The molecule has 2 N–H and O–H groups in total. The molecule has 0 bridgehead atoms. The Balaban J connectivity index is 1.75. The van der Waals surface area contributed by atoms with Crippen LogP contribution >= 0.6 is 0 Å². The lowest BCUT2D eigenvalue weighted by molar-refractivity contribution is -0.140. The topological polar surface area (TPSA) is 44.9 Å². The van der Waals surface area contributed by atoms with Crippen LogP contribution in [0, 0.1) is 0 Å². The number of nitrogens with one attached hydrogen (secondary N) is 2. The van der Waals surface area contributed by atoms with Gasteiger partial charge in [0.1, 0.15) is 5.69 Å². The average molecular weight is 318 g/mol. The van der Waals surface area contributed by atoms with Gasteiger partial charge in [-0.25, -0.2) is 0 Å². The first-order chi connectivity index (χ1) is 10.9. The fourth-order valence-electron chi connectivity index (χ4n) is 2.32. The Hall–Kier alpha value is -2.76. The smallest absolute Gasteiger partial charge is 0.351 e. The highest BCUT2D eigenvalue weighted by Crippen LogP contribution is 2.31. The summed E-state index contributed by atoms with van der Waals surface area (Å²) in [6.07, 6.45) is -4.40. The highest BCUT2D eigenvalue weighted by molar-refractivity contribution is 5.94. The van der Waals surface area contributed by atoms with Crippen molar-refractivity contribution in [3.8, 4) is 0 Å². The van der Waals surface area contributed by atoms with Gasteiger partial charge < -0.3 is 10.3 Å². The van der Waals surface area contributed by atoms with Crippen LogP contribution in [0.3, 0.4) is 0 Å². The normalized spacial score (nSPS) is 11.6. The lowest BCUT2D eigenvalue weighted by atomic mass is 10.1. The van der Waals surface area contributed by atoms with Crippen molar-refractivity contribution in [2.75, 3.05) is 0 Å². The Labute approximate surface area is 130 Å². The number of carbonyl (C=O) groups excluding carboxylic acids is 1. The lowest BCUT2D eigenvalue weighted by Gasteiger charge is -2.05. The van der Waals surface area contributed by atoms with Crippen LogP contribution in [0.25, 0.3) is 10.9 Å². The van der Waals surface area contributed by atoms with Gasteiger partial charge in [-0.3, -0.25) is 4.79 Å². The van der Waals surface area contributed by atoms with Gasteiger partial charge in [0.15, 0.2) is 0 Å². The molecule has 0 aliphatic heterocycles. The number of alkyl halides is 3. The van der Waals surface area contributed by atoms with E-state index in [1.807, 2.05) is 6.07 Å². The van der Waals surface area contributed by atoms with E-state index in [0.717, 1.165) is 11.6 Å². The van der Waals surface area contributed by atoms with Crippen molar-refractivity contribution in [3.05, 3.63) is 71.4 Å². The predicted octanol–water partition coefficient (Wildman–Crippen LogP) is 4.12. The molecule has 3 rings (SSSR count). The summed E-state index contributed by atoms with van der Waals surface area (Å²) in [6, 6.07) is 14.7. The van der Waals surface area contributed by atoms with Crippen LogP contribution in [0.2, 0.25) is 0 Å². The molecule has 118 valence electrons. The molecule has 1 aromatic heterocycles. The lowest BCUT2D eigenvalue weighted by Crippen LogP contribution is -2.22. The third-order valence-electron chi connectivity index (χ3n) is 3.48. The number of halogens is 3. The largest absolute Gasteiger partial charge is 0.431 e. The number of rotatable bonds is 3. The van der Waals surface area contributed by atoms with Gasteiger partial charge in [0.2, 0.25) is 0 Å². The second-order valence-corrected chi connectivity index (χ2v) is 5.15. The van der Waals surface area contributed by atoms with Gasteiger partial charge in [-0.15, -0.1) is 0 Å². The van der Waals surface area contributed by atoms with Crippen LogP contribution in [0.5, 0.6) is 0 Å². The van der Waals surface area contributed by atoms with Crippen molar-refractivity contribution in [2.24, 2.45) is 0 Å². The minimum atomic E-state index is -4.40. The van der Waals surface area contributed by atoms with E-state index in [1.54, 1.807) is 42.5 Å². The highest BCUT2D eigenvalue weighted by Gasteiger charge is 2.32. The van der Waals surface area contributed by atoms with E-state index >= 15 is 0 Å². The highest BCUT2D eigenvalue weighted by atomic mass is 19.4. The number of carbonyl (C=O) groups is 1. The maximum Gasteiger partial charge on any atom is 0.431 e. The molecular formula is C17H13F3N2O. The molecule has 3 aromatic rings. The molecule has 1 amide bonds. The van der Waals surface area contributed by atoms with E-state index in [9.17, 15) is 18.0 Å². The number of aromatic nitrogens is 1. The molecule has 23 heavy (non-hydrogen) atoms. The molecule has 0 saturated carbocycles. The Morgan fingerprint density at radius 1 is 1.04 bits per heavy atom. The molecule has 0 aliphatic rings. The van der Waals surface area contributed by atoms with Gasteiger partial charge in [-0.1, -0.05) is 24.3 Å². The van der Waals surface area contributed by atoms with Crippen molar-refractivity contribution >= 4 is 16.8 Å². The van der Waals surface area contributed by atoms with Crippen molar-refractivity contribution in [1.29, 1.82) is 0 Å². The third-order valence-corrected chi connectivity index (χ3v) is 3.48.